The molecule has 0 aliphatic carbocycles. The summed E-state index contributed by atoms with van der Waals surface area (Å²) >= 11 is 11.2. The van der Waals surface area contributed by atoms with E-state index in [-0.39, 0.29) is 6.04 Å². The third-order valence-electron chi connectivity index (χ3n) is 5.16. The minimum atomic E-state index is -2.84. The van der Waals surface area contributed by atoms with Gasteiger partial charge in [0.05, 0.1) is 18.2 Å². The number of hydrogen-bond donors (Lipinski definition) is 0. The molecule has 7 nitrogen and oxygen atoms in total. The van der Waals surface area contributed by atoms with Gasteiger partial charge in [-0.05, 0) is 42.9 Å². The van der Waals surface area contributed by atoms with Crippen LogP contribution in [-0.2, 0) is 16.5 Å². The number of benzene rings is 1. The van der Waals surface area contributed by atoms with Crippen molar-refractivity contribution in [3.63, 3.8) is 0 Å². The average molecular weight is 429 g/mol. The summed E-state index contributed by atoms with van der Waals surface area (Å²) in [6.07, 6.45) is 0.751. The first-order valence-corrected chi connectivity index (χ1v) is 11.5. The molecule has 0 radical (unpaired) electrons. The summed E-state index contributed by atoms with van der Waals surface area (Å²) in [5, 5.41) is 5.14. The highest BCUT2D eigenvalue weighted by Gasteiger charge is 2.33. The van der Waals surface area contributed by atoms with Crippen LogP contribution in [0.15, 0.2) is 28.7 Å². The molecule has 0 spiro atoms. The first kappa shape index (κ1) is 19.1. The molecule has 0 saturated carbocycles. The van der Waals surface area contributed by atoms with E-state index in [1.54, 1.807) is 16.8 Å². The van der Waals surface area contributed by atoms with Crippen LogP contribution in [0.1, 0.15) is 6.42 Å². The minimum Gasteiger partial charge on any atom is -0.409 e. The van der Waals surface area contributed by atoms with E-state index >= 15 is 0 Å². The zero-order valence-corrected chi connectivity index (χ0v) is 17.1. The van der Waals surface area contributed by atoms with Crippen molar-refractivity contribution in [3.8, 4) is 11.5 Å². The lowest BCUT2D eigenvalue weighted by molar-refractivity contribution is 0.0803. The van der Waals surface area contributed by atoms with Gasteiger partial charge in [0.25, 0.3) is 4.84 Å². The van der Waals surface area contributed by atoms with Crippen LogP contribution in [0.5, 0.6) is 0 Å². The highest BCUT2D eigenvalue weighted by Crippen LogP contribution is 2.22. The van der Waals surface area contributed by atoms with Crippen molar-refractivity contribution in [2.75, 3.05) is 37.7 Å². The summed E-state index contributed by atoms with van der Waals surface area (Å²) in [5.74, 6) is 1.09. The molecule has 10 heteroatoms. The van der Waals surface area contributed by atoms with Gasteiger partial charge >= 0.3 is 0 Å². The van der Waals surface area contributed by atoms with Crippen LogP contribution in [0.4, 0.5) is 0 Å². The van der Waals surface area contributed by atoms with E-state index in [0.29, 0.717) is 33.9 Å². The molecule has 2 aliphatic heterocycles. The Hall–Kier alpha value is -1.26. The number of sulfone groups is 1. The lowest BCUT2D eigenvalue weighted by Gasteiger charge is -2.37. The number of halogens is 1. The predicted molar refractivity (Wildman–Crippen MR) is 106 cm³/mol. The maximum atomic E-state index is 11.7. The van der Waals surface area contributed by atoms with Gasteiger partial charge in [0, 0.05) is 42.8 Å². The summed E-state index contributed by atoms with van der Waals surface area (Å²) in [6.45, 7) is 3.97. The Bertz CT molecular complexity index is 963. The van der Waals surface area contributed by atoms with Crippen LogP contribution in [-0.4, -0.2) is 71.7 Å². The van der Waals surface area contributed by atoms with Crippen molar-refractivity contribution in [1.29, 1.82) is 0 Å². The highest BCUT2D eigenvalue weighted by atomic mass is 35.5. The molecule has 1 aromatic heterocycles. The van der Waals surface area contributed by atoms with E-state index in [2.05, 4.69) is 14.9 Å². The Morgan fingerprint density at radius 2 is 1.89 bits per heavy atom. The fraction of sp³-hybridized carbons (Fsp3) is 0.529. The van der Waals surface area contributed by atoms with Crippen LogP contribution in [0.2, 0.25) is 5.02 Å². The fourth-order valence-electron chi connectivity index (χ4n) is 3.63. The smallest absolute Gasteiger partial charge is 0.288 e. The van der Waals surface area contributed by atoms with Gasteiger partial charge in [0.15, 0.2) is 9.84 Å². The van der Waals surface area contributed by atoms with E-state index in [1.165, 1.54) is 0 Å². The van der Waals surface area contributed by atoms with Crippen molar-refractivity contribution >= 4 is 33.7 Å². The molecule has 1 atom stereocenters. The van der Waals surface area contributed by atoms with Crippen molar-refractivity contribution in [1.82, 2.24) is 19.6 Å². The molecule has 0 amide bonds. The number of nitrogens with zero attached hydrogens (tertiary/aromatic N) is 4. The lowest BCUT2D eigenvalue weighted by atomic mass is 10.2. The first-order valence-electron chi connectivity index (χ1n) is 8.90. The maximum Gasteiger partial charge on any atom is 0.288 e. The number of rotatable bonds is 4. The fourth-order valence-corrected chi connectivity index (χ4v) is 5.69. The van der Waals surface area contributed by atoms with E-state index in [4.69, 9.17) is 28.2 Å². The van der Waals surface area contributed by atoms with E-state index in [9.17, 15) is 8.42 Å². The molecular weight excluding hydrogens is 408 g/mol. The molecule has 4 rings (SSSR count). The van der Waals surface area contributed by atoms with Crippen LogP contribution in [0.25, 0.3) is 11.5 Å². The van der Waals surface area contributed by atoms with E-state index in [1.807, 2.05) is 12.1 Å². The predicted octanol–water partition coefficient (Wildman–Crippen LogP) is 2.29. The van der Waals surface area contributed by atoms with Gasteiger partial charge in [-0.1, -0.05) is 11.6 Å². The lowest BCUT2D eigenvalue weighted by Crippen LogP contribution is -2.50. The second kappa shape index (κ2) is 7.63. The van der Waals surface area contributed by atoms with E-state index < -0.39 is 9.84 Å². The molecule has 1 unspecified atom stereocenters. The summed E-state index contributed by atoms with van der Waals surface area (Å²) in [7, 11) is -2.84. The molecule has 27 heavy (non-hydrogen) atoms. The Kier molecular flexibility index (Phi) is 5.39. The van der Waals surface area contributed by atoms with E-state index in [0.717, 1.165) is 38.2 Å². The standard InChI is InChI=1S/C17H21ClN4O3S2/c18-14-3-1-13(2-4-14)16-19-22(17(26)25-16)12-20-6-8-21(9-7-20)15-5-10-27(23,24)11-15/h1-4,15H,5-12H2. The molecule has 2 fully saturated rings. The maximum absolute atomic E-state index is 11.7. The average Bonchev–Trinajstić information content (AvgIpc) is 3.19. The normalized spacial score (nSPS) is 23.7. The number of hydrogen-bond acceptors (Lipinski definition) is 7. The molecule has 146 valence electrons. The molecule has 2 aliphatic rings. The topological polar surface area (TPSA) is 71.6 Å². The SMILES string of the molecule is O=S1(=O)CCC(N2CCN(Cn3nc(-c4ccc(Cl)cc4)oc3=S)CC2)C1. The van der Waals surface area contributed by atoms with Gasteiger partial charge < -0.3 is 4.42 Å². The number of aromatic nitrogens is 2. The van der Waals surface area contributed by atoms with Crippen molar-refractivity contribution < 1.29 is 12.8 Å². The number of piperazine rings is 1. The molecule has 0 N–H and O–H groups in total. The molecule has 2 saturated heterocycles. The Morgan fingerprint density at radius 1 is 1.19 bits per heavy atom. The van der Waals surface area contributed by atoms with Gasteiger partial charge in [-0.2, -0.15) is 0 Å². The van der Waals surface area contributed by atoms with Crippen LogP contribution in [0, 0.1) is 4.84 Å². The van der Waals surface area contributed by atoms with Crippen molar-refractivity contribution in [3.05, 3.63) is 34.1 Å². The van der Waals surface area contributed by atoms with Gasteiger partial charge in [-0.15, -0.1) is 5.10 Å². The van der Waals surface area contributed by atoms with Crippen LogP contribution >= 0.6 is 23.8 Å². The Morgan fingerprint density at radius 3 is 2.52 bits per heavy atom. The largest absolute Gasteiger partial charge is 0.409 e. The van der Waals surface area contributed by atoms with Crippen LogP contribution < -0.4 is 0 Å². The van der Waals surface area contributed by atoms with Crippen molar-refractivity contribution in [2.45, 2.75) is 19.1 Å². The summed E-state index contributed by atoms with van der Waals surface area (Å²) in [4.78, 5) is 4.89. The second-order valence-corrected chi connectivity index (χ2v) is 10.0. The quantitative estimate of drug-likeness (QED) is 0.692. The van der Waals surface area contributed by atoms with Gasteiger partial charge in [-0.25, -0.2) is 13.1 Å². The molecule has 1 aromatic carbocycles. The summed E-state index contributed by atoms with van der Waals surface area (Å²) in [5.41, 5.74) is 0.830. The molecule has 0 bridgehead atoms. The summed E-state index contributed by atoms with van der Waals surface area (Å²) < 4.78 is 30.7. The Balaban J connectivity index is 1.37. The zero-order chi connectivity index (χ0) is 19.0. The second-order valence-electron chi connectivity index (χ2n) is 7.03. The first-order chi connectivity index (χ1) is 12.9. The van der Waals surface area contributed by atoms with Crippen molar-refractivity contribution in [2.24, 2.45) is 0 Å². The van der Waals surface area contributed by atoms with Gasteiger partial charge in [-0.3, -0.25) is 9.80 Å². The molecule has 2 aromatic rings. The minimum absolute atomic E-state index is 0.169. The molecule has 3 heterocycles. The third-order valence-corrected chi connectivity index (χ3v) is 7.46. The molecular formula is C17H21ClN4O3S2. The van der Waals surface area contributed by atoms with Gasteiger partial charge in [0.2, 0.25) is 5.89 Å². The van der Waals surface area contributed by atoms with Crippen LogP contribution in [0.3, 0.4) is 0 Å². The Labute approximate surface area is 168 Å². The zero-order valence-electron chi connectivity index (χ0n) is 14.8. The van der Waals surface area contributed by atoms with Gasteiger partial charge in [0.1, 0.15) is 0 Å². The summed E-state index contributed by atoms with van der Waals surface area (Å²) in [6, 6.07) is 7.44. The monoisotopic (exact) mass is 428 g/mol. The highest BCUT2D eigenvalue weighted by molar-refractivity contribution is 7.91. The third kappa shape index (κ3) is 4.43.